The summed E-state index contributed by atoms with van der Waals surface area (Å²) < 4.78 is 0. The first-order valence-corrected chi connectivity index (χ1v) is 6.95. The Balaban J connectivity index is 2.16. The highest BCUT2D eigenvalue weighted by atomic mass is 32.2. The van der Waals surface area contributed by atoms with E-state index in [0.717, 1.165) is 23.6 Å². The largest absolute Gasteiger partial charge is 0.375 e. The fraction of sp³-hybridized carbons (Fsp3) is 0.333. The molecule has 0 amide bonds. The lowest BCUT2D eigenvalue weighted by molar-refractivity contribution is 1.01. The van der Waals surface area contributed by atoms with Crippen LogP contribution in [0.5, 0.6) is 0 Å². The minimum absolute atomic E-state index is 0.210. The normalized spacial score (nSPS) is 11.2. The zero-order chi connectivity index (χ0) is 12.5. The van der Waals surface area contributed by atoms with Crippen LogP contribution >= 0.6 is 24.0 Å². The first kappa shape index (κ1) is 14.0. The lowest BCUT2D eigenvalue weighted by Gasteiger charge is -2.02. The molecule has 0 aliphatic carbocycles. The minimum Gasteiger partial charge on any atom is -0.375 e. The van der Waals surface area contributed by atoms with E-state index in [1.807, 2.05) is 24.8 Å². The number of hydrazone groups is 1. The summed E-state index contributed by atoms with van der Waals surface area (Å²) in [7, 11) is 0. The molecular formula is C12H17N3S2. The molecular weight excluding hydrogens is 250 g/mol. The Morgan fingerprint density at radius 1 is 1.41 bits per heavy atom. The maximum atomic E-state index is 5.28. The molecule has 0 unspecified atom stereocenters. The van der Waals surface area contributed by atoms with Crippen molar-refractivity contribution in [2.24, 2.45) is 10.8 Å². The second-order valence-electron chi connectivity index (χ2n) is 3.61. The molecule has 92 valence electrons. The number of hydrogen-bond acceptors (Lipinski definition) is 3. The van der Waals surface area contributed by atoms with Crippen molar-refractivity contribution < 1.29 is 0 Å². The Morgan fingerprint density at radius 2 is 2.12 bits per heavy atom. The Morgan fingerprint density at radius 3 is 2.76 bits per heavy atom. The summed E-state index contributed by atoms with van der Waals surface area (Å²) in [6.07, 6.45) is 0.938. The van der Waals surface area contributed by atoms with Crippen molar-refractivity contribution in [2.75, 3.05) is 5.75 Å². The van der Waals surface area contributed by atoms with Crippen LogP contribution in [-0.2, 0) is 5.75 Å². The van der Waals surface area contributed by atoms with E-state index in [1.165, 1.54) is 5.56 Å². The van der Waals surface area contributed by atoms with Gasteiger partial charge in [-0.1, -0.05) is 30.3 Å². The van der Waals surface area contributed by atoms with Crippen LogP contribution in [-0.4, -0.2) is 16.6 Å². The highest BCUT2D eigenvalue weighted by molar-refractivity contribution is 7.98. The quantitative estimate of drug-likeness (QED) is 0.360. The third-order valence-electron chi connectivity index (χ3n) is 2.08. The second-order valence-corrected chi connectivity index (χ2v) is 5.16. The second kappa shape index (κ2) is 8.08. The van der Waals surface area contributed by atoms with Crippen molar-refractivity contribution >= 4 is 34.8 Å². The van der Waals surface area contributed by atoms with Crippen molar-refractivity contribution in [2.45, 2.75) is 19.1 Å². The van der Waals surface area contributed by atoms with E-state index in [4.69, 9.17) is 5.73 Å². The summed E-state index contributed by atoms with van der Waals surface area (Å²) in [4.78, 5) is 0. The summed E-state index contributed by atoms with van der Waals surface area (Å²) in [5.41, 5.74) is 10.2. The summed E-state index contributed by atoms with van der Waals surface area (Å²) in [5, 5.41) is 4.26. The predicted octanol–water partition coefficient (Wildman–Crippen LogP) is 2.52. The molecule has 3 N–H and O–H groups in total. The van der Waals surface area contributed by atoms with E-state index in [-0.39, 0.29) is 5.11 Å². The van der Waals surface area contributed by atoms with Gasteiger partial charge >= 0.3 is 0 Å². The number of thioether (sulfide) groups is 1. The molecule has 1 rings (SSSR count). The van der Waals surface area contributed by atoms with Crippen molar-refractivity contribution in [3.05, 3.63) is 35.9 Å². The van der Waals surface area contributed by atoms with Gasteiger partial charge in [0.15, 0.2) is 5.11 Å². The average molecular weight is 267 g/mol. The minimum atomic E-state index is 0.210. The number of thiocarbonyl (C=S) groups is 1. The molecule has 0 spiro atoms. The molecule has 0 atom stereocenters. The molecule has 0 heterocycles. The van der Waals surface area contributed by atoms with Gasteiger partial charge in [0.1, 0.15) is 0 Å². The standard InChI is InChI=1S/C12H17N3S2/c1-10(14-15-12(13)16)7-8-17-9-11-5-3-2-4-6-11/h2-6H,7-9H2,1H3,(H3,13,15,16)/b14-10+. The topological polar surface area (TPSA) is 50.4 Å². The van der Waals surface area contributed by atoms with E-state index in [2.05, 4.69) is 47.0 Å². The van der Waals surface area contributed by atoms with Crippen LogP contribution < -0.4 is 11.2 Å². The number of nitrogens with two attached hydrogens (primary N) is 1. The molecule has 0 radical (unpaired) electrons. The van der Waals surface area contributed by atoms with Crippen LogP contribution in [0.4, 0.5) is 0 Å². The van der Waals surface area contributed by atoms with Gasteiger partial charge in [-0.2, -0.15) is 16.9 Å². The zero-order valence-corrected chi connectivity index (χ0v) is 11.5. The highest BCUT2D eigenvalue weighted by Crippen LogP contribution is 2.12. The van der Waals surface area contributed by atoms with Gasteiger partial charge < -0.3 is 5.73 Å². The van der Waals surface area contributed by atoms with Crippen molar-refractivity contribution in [3.63, 3.8) is 0 Å². The van der Waals surface area contributed by atoms with Gasteiger partial charge in [-0.3, -0.25) is 5.43 Å². The Kier molecular flexibility index (Phi) is 6.65. The fourth-order valence-corrected chi connectivity index (χ4v) is 2.25. The third kappa shape index (κ3) is 6.97. The number of hydrogen-bond donors (Lipinski definition) is 2. The molecule has 0 fully saturated rings. The van der Waals surface area contributed by atoms with Gasteiger partial charge in [0.2, 0.25) is 0 Å². The lowest BCUT2D eigenvalue weighted by Crippen LogP contribution is -2.25. The average Bonchev–Trinajstić information content (AvgIpc) is 2.33. The molecule has 0 bridgehead atoms. The molecule has 1 aromatic carbocycles. The molecule has 1 aromatic rings. The molecule has 3 nitrogen and oxygen atoms in total. The highest BCUT2D eigenvalue weighted by Gasteiger charge is 1.95. The first-order chi connectivity index (χ1) is 8.18. The smallest absolute Gasteiger partial charge is 0.184 e. The molecule has 0 aromatic heterocycles. The summed E-state index contributed by atoms with van der Waals surface area (Å²) in [5.74, 6) is 2.08. The predicted molar refractivity (Wildman–Crippen MR) is 80.3 cm³/mol. The Hall–Kier alpha value is -1.07. The van der Waals surface area contributed by atoms with Gasteiger partial charge in [-0.05, 0) is 36.9 Å². The number of nitrogens with zero attached hydrogens (tertiary/aromatic N) is 1. The number of benzene rings is 1. The van der Waals surface area contributed by atoms with Crippen molar-refractivity contribution in [3.8, 4) is 0 Å². The Labute approximate surface area is 112 Å². The van der Waals surface area contributed by atoms with Crippen molar-refractivity contribution in [1.82, 2.24) is 5.43 Å². The molecule has 5 heteroatoms. The van der Waals surface area contributed by atoms with Gasteiger partial charge in [0, 0.05) is 11.5 Å². The first-order valence-electron chi connectivity index (χ1n) is 5.39. The summed E-state index contributed by atoms with van der Waals surface area (Å²) in [6, 6.07) is 10.4. The third-order valence-corrected chi connectivity index (χ3v) is 3.20. The molecule has 0 saturated carbocycles. The van der Waals surface area contributed by atoms with Crippen molar-refractivity contribution in [1.29, 1.82) is 0 Å². The van der Waals surface area contributed by atoms with Crippen LogP contribution in [0.1, 0.15) is 18.9 Å². The molecule has 0 aliphatic rings. The van der Waals surface area contributed by atoms with Crippen LogP contribution in [0.3, 0.4) is 0 Å². The monoisotopic (exact) mass is 267 g/mol. The van der Waals surface area contributed by atoms with E-state index >= 15 is 0 Å². The van der Waals surface area contributed by atoms with E-state index in [9.17, 15) is 0 Å². The van der Waals surface area contributed by atoms with E-state index in [1.54, 1.807) is 0 Å². The SMILES string of the molecule is C/C(CCSCc1ccccc1)=N\NC(N)=S. The molecule has 17 heavy (non-hydrogen) atoms. The number of rotatable bonds is 6. The van der Waals surface area contributed by atoms with E-state index in [0.29, 0.717) is 0 Å². The van der Waals surface area contributed by atoms with Crippen LogP contribution in [0.15, 0.2) is 35.4 Å². The van der Waals surface area contributed by atoms with E-state index < -0.39 is 0 Å². The summed E-state index contributed by atoms with van der Waals surface area (Å²) in [6.45, 7) is 1.97. The van der Waals surface area contributed by atoms with Gasteiger partial charge in [-0.25, -0.2) is 0 Å². The van der Waals surface area contributed by atoms with Gasteiger partial charge in [0.25, 0.3) is 0 Å². The maximum Gasteiger partial charge on any atom is 0.184 e. The van der Waals surface area contributed by atoms with Crippen LogP contribution in [0.25, 0.3) is 0 Å². The Bertz CT molecular complexity index is 377. The van der Waals surface area contributed by atoms with Crippen LogP contribution in [0, 0.1) is 0 Å². The fourth-order valence-electron chi connectivity index (χ4n) is 1.19. The van der Waals surface area contributed by atoms with Crippen LogP contribution in [0.2, 0.25) is 0 Å². The lowest BCUT2D eigenvalue weighted by atomic mass is 10.2. The zero-order valence-electron chi connectivity index (χ0n) is 9.85. The molecule has 0 aliphatic heterocycles. The van der Waals surface area contributed by atoms with Gasteiger partial charge in [-0.15, -0.1) is 0 Å². The summed E-state index contributed by atoms with van der Waals surface area (Å²) >= 11 is 6.56. The number of nitrogens with one attached hydrogen (secondary N) is 1. The van der Waals surface area contributed by atoms with Gasteiger partial charge in [0.05, 0.1) is 0 Å². The molecule has 0 saturated heterocycles. The maximum absolute atomic E-state index is 5.28.